The zero-order valence-corrected chi connectivity index (χ0v) is 23.7. The molecule has 1 heterocycles. The van der Waals surface area contributed by atoms with E-state index in [9.17, 15) is 4.57 Å². The number of unbranched alkanes of at least 4 members (excludes halogenated alkanes) is 15. The maximum absolute atomic E-state index is 11.1. The van der Waals surface area contributed by atoms with Crippen LogP contribution < -0.4 is 0 Å². The predicted octanol–water partition coefficient (Wildman–Crippen LogP) is 7.23. The van der Waals surface area contributed by atoms with E-state index in [0.29, 0.717) is 17.7 Å². The van der Waals surface area contributed by atoms with Crippen LogP contribution >= 0.6 is 7.82 Å². The Morgan fingerprint density at radius 1 is 0.865 bits per heavy atom. The van der Waals surface area contributed by atoms with Crippen LogP contribution in [0.5, 0.6) is 0 Å². The lowest BCUT2D eigenvalue weighted by Gasteiger charge is -2.18. The third kappa shape index (κ3) is 21.3. The number of rotatable bonds is 25. The quantitative estimate of drug-likeness (QED) is 0.0984. The molecule has 0 aliphatic carbocycles. The van der Waals surface area contributed by atoms with Crippen molar-refractivity contribution >= 4 is 7.82 Å². The van der Waals surface area contributed by atoms with Crippen LogP contribution in [0.25, 0.3) is 0 Å². The van der Waals surface area contributed by atoms with Crippen LogP contribution in [-0.2, 0) is 25.2 Å². The van der Waals surface area contributed by atoms with Gasteiger partial charge in [-0.1, -0.05) is 103 Å². The molecule has 0 fully saturated rings. The minimum Gasteiger partial charge on any atom is -0.379 e. The Labute approximate surface area is 224 Å². The van der Waals surface area contributed by atoms with Crippen molar-refractivity contribution in [2.75, 3.05) is 19.8 Å². The van der Waals surface area contributed by atoms with Crippen molar-refractivity contribution < 1.29 is 28.3 Å². The Hall–Kier alpha value is -1.33. The van der Waals surface area contributed by atoms with Gasteiger partial charge in [0.15, 0.2) is 0 Å². The van der Waals surface area contributed by atoms with Gasteiger partial charge in [-0.3, -0.25) is 9.51 Å². The molecule has 1 rings (SSSR count). The van der Waals surface area contributed by atoms with Crippen molar-refractivity contribution in [2.24, 2.45) is 0 Å². The first-order valence-corrected chi connectivity index (χ1v) is 15.7. The van der Waals surface area contributed by atoms with Gasteiger partial charge in [-0.25, -0.2) is 4.57 Å². The Morgan fingerprint density at radius 3 is 1.92 bits per heavy atom. The highest BCUT2D eigenvalue weighted by molar-refractivity contribution is 7.46. The highest BCUT2D eigenvalue weighted by Crippen LogP contribution is 2.35. The molecule has 0 amide bonds. The topological polar surface area (TPSA) is 122 Å². The highest BCUT2D eigenvalue weighted by atomic mass is 31.2. The highest BCUT2D eigenvalue weighted by Gasteiger charge is 2.19. The number of pyridine rings is 1. The molecule has 0 saturated heterocycles. The van der Waals surface area contributed by atoms with E-state index in [-0.39, 0.29) is 19.8 Å². The molecule has 1 aromatic rings. The van der Waals surface area contributed by atoms with Gasteiger partial charge >= 0.3 is 7.82 Å². The predicted molar refractivity (Wildman–Crippen MR) is 146 cm³/mol. The van der Waals surface area contributed by atoms with Crippen LogP contribution in [0.2, 0.25) is 0 Å². The maximum atomic E-state index is 11.1. The molecule has 0 saturated carbocycles. The van der Waals surface area contributed by atoms with Crippen molar-refractivity contribution in [3.63, 3.8) is 0 Å². The van der Waals surface area contributed by atoms with Crippen LogP contribution in [0.4, 0.5) is 0 Å². The summed E-state index contributed by atoms with van der Waals surface area (Å²) in [5.74, 6) is 0. The molecule has 0 spiro atoms. The summed E-state index contributed by atoms with van der Waals surface area (Å²) in [7, 11) is -4.60. The van der Waals surface area contributed by atoms with Crippen LogP contribution in [0, 0.1) is 11.3 Å². The van der Waals surface area contributed by atoms with E-state index in [1.54, 1.807) is 12.3 Å². The second-order valence-electron chi connectivity index (χ2n) is 9.79. The SMILES string of the molecule is CCCCCCCCCCCCCCCCCCOC[C@H](COP(=O)(O)O)OCc1cncc(C#N)c1. The summed E-state index contributed by atoms with van der Waals surface area (Å²) in [6.07, 6.45) is 23.4. The van der Waals surface area contributed by atoms with Gasteiger partial charge in [0.1, 0.15) is 12.2 Å². The van der Waals surface area contributed by atoms with Gasteiger partial charge in [0.05, 0.1) is 25.4 Å². The van der Waals surface area contributed by atoms with E-state index in [1.807, 2.05) is 6.07 Å². The molecule has 8 nitrogen and oxygen atoms in total. The number of ether oxygens (including phenoxy) is 2. The minimum atomic E-state index is -4.60. The van der Waals surface area contributed by atoms with Crippen molar-refractivity contribution in [1.29, 1.82) is 5.26 Å². The fourth-order valence-electron chi connectivity index (χ4n) is 4.13. The number of hydrogen-bond acceptors (Lipinski definition) is 6. The molecule has 0 aromatic carbocycles. The van der Waals surface area contributed by atoms with E-state index in [2.05, 4.69) is 16.4 Å². The molecular weight excluding hydrogens is 491 g/mol. The van der Waals surface area contributed by atoms with Crippen molar-refractivity contribution in [1.82, 2.24) is 4.98 Å². The largest absolute Gasteiger partial charge is 0.469 e. The standard InChI is InChI=1S/C28H49N2O6P/c1-2-3-4-5-6-7-8-9-10-11-12-13-14-15-16-17-18-34-24-28(25-36-37(31,32)33)35-23-27-19-26(20-29)21-30-22-27/h19,21-22,28H,2-18,23-25H2,1H3,(H2,31,32,33)/t28-/m1/s1. The second-order valence-corrected chi connectivity index (χ2v) is 11.0. The van der Waals surface area contributed by atoms with Crippen molar-refractivity contribution in [3.05, 3.63) is 29.6 Å². The second kappa shape index (κ2) is 22.6. The van der Waals surface area contributed by atoms with E-state index in [1.165, 1.54) is 96.1 Å². The molecule has 0 aliphatic rings. The maximum Gasteiger partial charge on any atom is 0.469 e. The van der Waals surface area contributed by atoms with Crippen LogP contribution in [0.1, 0.15) is 121 Å². The summed E-state index contributed by atoms with van der Waals surface area (Å²) in [5.41, 5.74) is 1.11. The van der Waals surface area contributed by atoms with E-state index in [0.717, 1.165) is 12.8 Å². The molecule has 2 N–H and O–H groups in total. The summed E-state index contributed by atoms with van der Waals surface area (Å²) in [6.45, 7) is 2.86. The molecule has 212 valence electrons. The van der Waals surface area contributed by atoms with Gasteiger partial charge in [-0.2, -0.15) is 5.26 Å². The lowest BCUT2D eigenvalue weighted by molar-refractivity contribution is -0.0494. The normalized spacial score (nSPS) is 12.5. The van der Waals surface area contributed by atoms with Gasteiger partial charge in [-0.05, 0) is 18.1 Å². The minimum absolute atomic E-state index is 0.139. The average Bonchev–Trinajstić information content (AvgIpc) is 2.88. The lowest BCUT2D eigenvalue weighted by atomic mass is 10.0. The summed E-state index contributed by atoms with van der Waals surface area (Å²) in [5, 5.41) is 8.98. The number of phosphoric ester groups is 1. The van der Waals surface area contributed by atoms with E-state index >= 15 is 0 Å². The molecule has 1 aromatic heterocycles. The molecule has 0 unspecified atom stereocenters. The molecular formula is C28H49N2O6P. The summed E-state index contributed by atoms with van der Waals surface area (Å²) < 4.78 is 27.1. The fraction of sp³-hybridized carbons (Fsp3) is 0.786. The van der Waals surface area contributed by atoms with Crippen LogP contribution in [-0.4, -0.2) is 40.7 Å². The smallest absolute Gasteiger partial charge is 0.379 e. The number of nitriles is 1. The van der Waals surface area contributed by atoms with Gasteiger partial charge in [0.2, 0.25) is 0 Å². The van der Waals surface area contributed by atoms with Crippen molar-refractivity contribution in [2.45, 2.75) is 122 Å². The van der Waals surface area contributed by atoms with Gasteiger partial charge in [0.25, 0.3) is 0 Å². The van der Waals surface area contributed by atoms with Crippen molar-refractivity contribution in [3.8, 4) is 6.07 Å². The summed E-state index contributed by atoms with van der Waals surface area (Å²) in [4.78, 5) is 22.0. The lowest BCUT2D eigenvalue weighted by Crippen LogP contribution is -2.25. The number of nitrogens with zero attached hydrogens (tertiary/aromatic N) is 2. The first-order chi connectivity index (χ1) is 17.9. The first-order valence-electron chi connectivity index (χ1n) is 14.2. The van der Waals surface area contributed by atoms with Gasteiger partial charge in [-0.15, -0.1) is 0 Å². The van der Waals surface area contributed by atoms with E-state index < -0.39 is 13.9 Å². The summed E-state index contributed by atoms with van der Waals surface area (Å²) in [6, 6.07) is 3.68. The average molecular weight is 541 g/mol. The Kier molecular flexibility index (Phi) is 20.6. The molecule has 9 heteroatoms. The van der Waals surface area contributed by atoms with Gasteiger partial charge in [0, 0.05) is 19.0 Å². The molecule has 0 radical (unpaired) electrons. The molecule has 0 aliphatic heterocycles. The molecule has 1 atom stereocenters. The fourth-order valence-corrected chi connectivity index (χ4v) is 4.49. The zero-order valence-electron chi connectivity index (χ0n) is 22.8. The first kappa shape index (κ1) is 33.7. The zero-order chi connectivity index (χ0) is 27.0. The van der Waals surface area contributed by atoms with Crippen LogP contribution in [0.15, 0.2) is 18.5 Å². The Bertz CT molecular complexity index is 767. The molecule has 0 bridgehead atoms. The molecule has 37 heavy (non-hydrogen) atoms. The third-order valence-corrected chi connectivity index (χ3v) is 6.77. The third-order valence-electron chi connectivity index (χ3n) is 6.28. The number of aromatic nitrogens is 1. The monoisotopic (exact) mass is 540 g/mol. The Morgan fingerprint density at radius 2 is 1.41 bits per heavy atom. The van der Waals surface area contributed by atoms with Crippen LogP contribution in [0.3, 0.4) is 0 Å². The number of hydrogen-bond donors (Lipinski definition) is 2. The summed E-state index contributed by atoms with van der Waals surface area (Å²) >= 11 is 0. The van der Waals surface area contributed by atoms with Gasteiger partial charge < -0.3 is 19.3 Å². The Balaban J connectivity index is 2.04. The number of phosphoric acid groups is 1. The van der Waals surface area contributed by atoms with E-state index in [4.69, 9.17) is 24.5 Å².